The van der Waals surface area contributed by atoms with Crippen LogP contribution in [0.1, 0.15) is 40.5 Å². The zero-order valence-electron chi connectivity index (χ0n) is 11.0. The van der Waals surface area contributed by atoms with E-state index in [2.05, 4.69) is 20.8 Å². The Balaban J connectivity index is 4.01. The van der Waals surface area contributed by atoms with Gasteiger partial charge in [0, 0.05) is 26.1 Å². The lowest BCUT2D eigenvalue weighted by atomic mass is 9.83. The fourth-order valence-corrected chi connectivity index (χ4v) is 1.43. The fourth-order valence-electron chi connectivity index (χ4n) is 1.43. The molecule has 0 saturated heterocycles. The van der Waals surface area contributed by atoms with Crippen LogP contribution in [-0.2, 0) is 4.79 Å². The smallest absolute Gasteiger partial charge is 0.224 e. The summed E-state index contributed by atoms with van der Waals surface area (Å²) in [5.74, 6) is 0.268. The molecule has 0 aliphatic heterocycles. The normalized spacial score (nSPS) is 15.9. The zero-order chi connectivity index (χ0) is 12.2. The van der Waals surface area contributed by atoms with E-state index in [0.29, 0.717) is 0 Å². The van der Waals surface area contributed by atoms with Gasteiger partial charge in [0.15, 0.2) is 0 Å². The number of hydrogen-bond acceptors (Lipinski definition) is 2. The molecule has 1 unspecified atom stereocenters. The molecule has 0 aliphatic rings. The molecule has 0 radical (unpaired) electrons. The van der Waals surface area contributed by atoms with Gasteiger partial charge < -0.3 is 10.6 Å². The topological polar surface area (TPSA) is 46.3 Å². The van der Waals surface area contributed by atoms with Crippen LogP contribution in [0.5, 0.6) is 0 Å². The molecule has 0 fully saturated rings. The maximum absolute atomic E-state index is 11.6. The number of nitrogens with zero attached hydrogens (tertiary/aromatic N) is 1. The fraction of sp³-hybridized carbons (Fsp3) is 0.917. The average Bonchev–Trinajstić information content (AvgIpc) is 2.10. The van der Waals surface area contributed by atoms with E-state index in [-0.39, 0.29) is 23.3 Å². The van der Waals surface area contributed by atoms with Gasteiger partial charge in [-0.2, -0.15) is 0 Å². The summed E-state index contributed by atoms with van der Waals surface area (Å²) in [5, 5.41) is 0. The first-order valence-electron chi connectivity index (χ1n) is 5.63. The first-order valence-corrected chi connectivity index (χ1v) is 5.63. The van der Waals surface area contributed by atoms with Crippen LogP contribution in [0.2, 0.25) is 0 Å². The Labute approximate surface area is 94.0 Å². The van der Waals surface area contributed by atoms with Crippen LogP contribution in [0, 0.1) is 11.3 Å². The molecular formula is C12H26N2O. The first-order chi connectivity index (χ1) is 6.66. The lowest BCUT2D eigenvalue weighted by Crippen LogP contribution is -2.36. The molecule has 0 aliphatic carbocycles. The van der Waals surface area contributed by atoms with Crippen molar-refractivity contribution in [2.45, 2.75) is 46.6 Å². The monoisotopic (exact) mass is 214 g/mol. The van der Waals surface area contributed by atoms with Gasteiger partial charge in [-0.1, -0.05) is 27.7 Å². The summed E-state index contributed by atoms with van der Waals surface area (Å²) < 4.78 is 0. The molecule has 3 nitrogen and oxygen atoms in total. The van der Waals surface area contributed by atoms with Crippen LogP contribution in [0.15, 0.2) is 0 Å². The summed E-state index contributed by atoms with van der Waals surface area (Å²) in [7, 11) is 3.59. The third-order valence-corrected chi connectivity index (χ3v) is 2.89. The molecule has 0 aromatic heterocycles. The summed E-state index contributed by atoms with van der Waals surface area (Å²) in [5.41, 5.74) is 6.18. The Bertz CT molecular complexity index is 206. The van der Waals surface area contributed by atoms with Gasteiger partial charge in [-0.15, -0.1) is 0 Å². The summed E-state index contributed by atoms with van der Waals surface area (Å²) in [6.07, 6.45) is 1.78. The van der Waals surface area contributed by atoms with Crippen LogP contribution in [0.3, 0.4) is 0 Å². The van der Waals surface area contributed by atoms with Gasteiger partial charge in [0.05, 0.1) is 0 Å². The maximum Gasteiger partial charge on any atom is 0.224 e. The molecule has 0 bridgehead atoms. The van der Waals surface area contributed by atoms with Gasteiger partial charge in [0.25, 0.3) is 0 Å². The minimum absolute atomic E-state index is 0.0772. The number of hydrogen-bond donors (Lipinski definition) is 1. The highest BCUT2D eigenvalue weighted by molar-refractivity contribution is 5.77. The Morgan fingerprint density at radius 3 is 2.07 bits per heavy atom. The summed E-state index contributed by atoms with van der Waals surface area (Å²) in [4.78, 5) is 13.2. The molecule has 0 aromatic rings. The molecule has 0 heterocycles. The van der Waals surface area contributed by atoms with Gasteiger partial charge in [-0.05, 0) is 18.3 Å². The highest BCUT2D eigenvalue weighted by Crippen LogP contribution is 2.22. The second-order valence-electron chi connectivity index (χ2n) is 5.68. The molecule has 0 aromatic carbocycles. The lowest BCUT2D eigenvalue weighted by molar-refractivity contribution is -0.132. The highest BCUT2D eigenvalue weighted by atomic mass is 16.2. The van der Waals surface area contributed by atoms with Gasteiger partial charge in [0.1, 0.15) is 0 Å². The molecule has 3 heteroatoms. The SMILES string of the molecule is CC(CC[C@@H](N)C(C)(C)C)C(=O)N(C)C. The van der Waals surface area contributed by atoms with Crippen LogP contribution < -0.4 is 5.73 Å². The predicted molar refractivity (Wildman–Crippen MR) is 64.5 cm³/mol. The Morgan fingerprint density at radius 1 is 1.27 bits per heavy atom. The highest BCUT2D eigenvalue weighted by Gasteiger charge is 2.22. The number of rotatable bonds is 4. The second kappa shape index (κ2) is 5.50. The Morgan fingerprint density at radius 2 is 1.73 bits per heavy atom. The minimum Gasteiger partial charge on any atom is -0.349 e. The quantitative estimate of drug-likeness (QED) is 0.776. The molecule has 2 atom stereocenters. The van der Waals surface area contributed by atoms with Crippen molar-refractivity contribution in [2.24, 2.45) is 17.1 Å². The molecule has 15 heavy (non-hydrogen) atoms. The molecular weight excluding hydrogens is 188 g/mol. The van der Waals surface area contributed by atoms with Crippen molar-refractivity contribution in [3.05, 3.63) is 0 Å². The third-order valence-electron chi connectivity index (χ3n) is 2.89. The van der Waals surface area contributed by atoms with Crippen molar-refractivity contribution in [1.82, 2.24) is 4.90 Å². The molecule has 0 spiro atoms. The van der Waals surface area contributed by atoms with Crippen molar-refractivity contribution in [1.29, 1.82) is 0 Å². The van der Waals surface area contributed by atoms with Crippen LogP contribution in [0.25, 0.3) is 0 Å². The van der Waals surface area contributed by atoms with Gasteiger partial charge in [-0.25, -0.2) is 0 Å². The number of carbonyl (C=O) groups is 1. The Kier molecular flexibility index (Phi) is 5.29. The van der Waals surface area contributed by atoms with Gasteiger partial charge >= 0.3 is 0 Å². The van der Waals surface area contributed by atoms with E-state index in [4.69, 9.17) is 5.73 Å². The number of amides is 1. The van der Waals surface area contributed by atoms with E-state index in [1.807, 2.05) is 6.92 Å². The van der Waals surface area contributed by atoms with E-state index in [1.54, 1.807) is 19.0 Å². The van der Waals surface area contributed by atoms with Crippen molar-refractivity contribution < 1.29 is 4.79 Å². The summed E-state index contributed by atoms with van der Waals surface area (Å²) >= 11 is 0. The van der Waals surface area contributed by atoms with Crippen molar-refractivity contribution in [3.8, 4) is 0 Å². The predicted octanol–water partition coefficient (Wildman–Crippen LogP) is 1.86. The molecule has 0 rings (SSSR count). The third kappa shape index (κ3) is 5.17. The second-order valence-corrected chi connectivity index (χ2v) is 5.68. The van der Waals surface area contributed by atoms with Crippen LogP contribution in [0.4, 0.5) is 0 Å². The van der Waals surface area contributed by atoms with E-state index in [1.165, 1.54) is 0 Å². The van der Waals surface area contributed by atoms with Gasteiger partial charge in [0.2, 0.25) is 5.91 Å². The largest absolute Gasteiger partial charge is 0.349 e. The summed E-state index contributed by atoms with van der Waals surface area (Å²) in [6, 6.07) is 0.162. The minimum atomic E-state index is 0.0772. The number of carbonyl (C=O) groups excluding carboxylic acids is 1. The zero-order valence-corrected chi connectivity index (χ0v) is 11.0. The summed E-state index contributed by atoms with van der Waals surface area (Å²) in [6.45, 7) is 8.38. The van der Waals surface area contributed by atoms with Crippen molar-refractivity contribution in [3.63, 3.8) is 0 Å². The van der Waals surface area contributed by atoms with E-state index in [9.17, 15) is 4.79 Å². The van der Waals surface area contributed by atoms with Crippen molar-refractivity contribution >= 4 is 5.91 Å². The first kappa shape index (κ1) is 14.4. The number of nitrogens with two attached hydrogens (primary N) is 1. The molecule has 90 valence electrons. The van der Waals surface area contributed by atoms with E-state index >= 15 is 0 Å². The lowest BCUT2D eigenvalue weighted by Gasteiger charge is -2.28. The van der Waals surface area contributed by atoms with Crippen LogP contribution in [-0.4, -0.2) is 30.9 Å². The van der Waals surface area contributed by atoms with E-state index in [0.717, 1.165) is 12.8 Å². The molecule has 2 N–H and O–H groups in total. The molecule has 0 saturated carbocycles. The van der Waals surface area contributed by atoms with Crippen molar-refractivity contribution in [2.75, 3.05) is 14.1 Å². The maximum atomic E-state index is 11.6. The molecule has 1 amide bonds. The van der Waals surface area contributed by atoms with Gasteiger partial charge in [-0.3, -0.25) is 4.79 Å². The average molecular weight is 214 g/mol. The standard InChI is InChI=1S/C12H26N2O/c1-9(11(15)14(5)6)7-8-10(13)12(2,3)4/h9-10H,7-8,13H2,1-6H3/t9?,10-/m1/s1. The van der Waals surface area contributed by atoms with Crippen LogP contribution >= 0.6 is 0 Å². The Hall–Kier alpha value is -0.570. The van der Waals surface area contributed by atoms with E-state index < -0.39 is 0 Å².